The first-order chi connectivity index (χ1) is 10.9. The summed E-state index contributed by atoms with van der Waals surface area (Å²) >= 11 is 0. The molecule has 0 aromatic carbocycles. The second-order valence-corrected chi connectivity index (χ2v) is 9.47. The van der Waals surface area contributed by atoms with E-state index in [1.807, 2.05) is 0 Å². The molecule has 1 nitrogen and oxygen atoms in total. The van der Waals surface area contributed by atoms with Crippen LogP contribution in [-0.4, -0.2) is 5.78 Å². The van der Waals surface area contributed by atoms with Crippen LogP contribution in [0.5, 0.6) is 0 Å². The first-order valence-electron chi connectivity index (χ1n) is 9.77. The second kappa shape index (κ2) is 5.07. The van der Waals surface area contributed by atoms with Gasteiger partial charge in [0.1, 0.15) is 0 Å². The molecule has 126 valence electrons. The summed E-state index contributed by atoms with van der Waals surface area (Å²) in [6.45, 7) is 9.15. The minimum absolute atomic E-state index is 0.163. The molecule has 0 aromatic heterocycles. The summed E-state index contributed by atoms with van der Waals surface area (Å²) < 4.78 is 0. The van der Waals surface area contributed by atoms with E-state index in [2.05, 4.69) is 32.9 Å². The zero-order valence-corrected chi connectivity index (χ0v) is 15.3. The number of ketones is 1. The molecule has 0 heterocycles. The van der Waals surface area contributed by atoms with Crippen molar-refractivity contribution in [2.75, 3.05) is 0 Å². The fourth-order valence-electron chi connectivity index (χ4n) is 6.96. The van der Waals surface area contributed by atoms with E-state index in [0.29, 0.717) is 17.1 Å². The monoisotopic (exact) mass is 312 g/mol. The van der Waals surface area contributed by atoms with E-state index < -0.39 is 0 Å². The predicted molar refractivity (Wildman–Crippen MR) is 95.0 cm³/mol. The summed E-state index contributed by atoms with van der Waals surface area (Å²) in [6, 6.07) is 0. The van der Waals surface area contributed by atoms with Crippen LogP contribution in [-0.2, 0) is 4.79 Å². The van der Waals surface area contributed by atoms with Gasteiger partial charge in [-0.1, -0.05) is 38.5 Å². The molecular formula is C22H32O. The van der Waals surface area contributed by atoms with Gasteiger partial charge in [-0.3, -0.25) is 4.79 Å². The van der Waals surface area contributed by atoms with Crippen LogP contribution >= 0.6 is 0 Å². The average Bonchev–Trinajstić information content (AvgIpc) is 2.85. The highest BCUT2D eigenvalue weighted by molar-refractivity contribution is 5.95. The lowest BCUT2D eigenvalue weighted by Gasteiger charge is -2.57. The molecule has 0 aliphatic heterocycles. The minimum Gasteiger partial charge on any atom is -0.295 e. The molecule has 6 atom stereocenters. The molecule has 2 saturated carbocycles. The topological polar surface area (TPSA) is 17.1 Å². The van der Waals surface area contributed by atoms with E-state index in [1.165, 1.54) is 38.5 Å². The fraction of sp³-hybridized carbons (Fsp3) is 0.773. The van der Waals surface area contributed by atoms with Gasteiger partial charge in [0.2, 0.25) is 0 Å². The Morgan fingerprint density at radius 3 is 2.52 bits per heavy atom. The quantitative estimate of drug-likeness (QED) is 0.567. The van der Waals surface area contributed by atoms with Gasteiger partial charge in [-0.15, -0.1) is 0 Å². The Kier molecular flexibility index (Phi) is 3.45. The molecule has 4 aliphatic carbocycles. The van der Waals surface area contributed by atoms with E-state index in [9.17, 15) is 4.79 Å². The van der Waals surface area contributed by atoms with Crippen molar-refractivity contribution in [3.05, 3.63) is 23.3 Å². The number of allylic oxidation sites excluding steroid dienone is 4. The average molecular weight is 312 g/mol. The third-order valence-electron chi connectivity index (χ3n) is 8.31. The van der Waals surface area contributed by atoms with Crippen LogP contribution in [0.2, 0.25) is 0 Å². The van der Waals surface area contributed by atoms with Gasteiger partial charge in [0.15, 0.2) is 5.78 Å². The molecule has 0 amide bonds. The number of hydrogen-bond donors (Lipinski definition) is 0. The van der Waals surface area contributed by atoms with Crippen LogP contribution in [0, 0.1) is 34.5 Å². The number of carbonyl (C=O) groups is 1. The third kappa shape index (κ3) is 2.07. The van der Waals surface area contributed by atoms with Crippen LogP contribution < -0.4 is 0 Å². The van der Waals surface area contributed by atoms with Gasteiger partial charge in [-0.2, -0.15) is 0 Å². The molecule has 4 aliphatic rings. The lowest BCUT2D eigenvalue weighted by atomic mass is 9.47. The summed E-state index contributed by atoms with van der Waals surface area (Å²) in [6.07, 6.45) is 14.0. The molecule has 0 N–H and O–H groups in total. The molecule has 0 radical (unpaired) electrons. The first kappa shape index (κ1) is 15.7. The van der Waals surface area contributed by atoms with Gasteiger partial charge in [-0.05, 0) is 91.9 Å². The smallest absolute Gasteiger partial charge is 0.156 e. The number of carbonyl (C=O) groups excluding carboxylic acids is 1. The normalized spacial score (nSPS) is 48.7. The maximum Gasteiger partial charge on any atom is 0.156 e. The van der Waals surface area contributed by atoms with E-state index >= 15 is 0 Å². The Morgan fingerprint density at radius 2 is 1.78 bits per heavy atom. The lowest BCUT2D eigenvalue weighted by Crippen LogP contribution is -2.49. The predicted octanol–water partition coefficient (Wildman–Crippen LogP) is 5.71. The SMILES string of the molecule is CC(=O)C1=CC[C@H]2[C@@H]3CC=C4C[C@@H](C)CC[C@]4(C)[C@H]3CC[C@]12C. The van der Waals surface area contributed by atoms with Crippen molar-refractivity contribution in [1.29, 1.82) is 0 Å². The molecule has 1 heteroatoms. The molecule has 0 spiro atoms. The van der Waals surface area contributed by atoms with Crippen molar-refractivity contribution in [1.82, 2.24) is 0 Å². The van der Waals surface area contributed by atoms with E-state index in [4.69, 9.17) is 0 Å². The van der Waals surface area contributed by atoms with Crippen molar-refractivity contribution < 1.29 is 4.79 Å². The van der Waals surface area contributed by atoms with Crippen molar-refractivity contribution in [3.8, 4) is 0 Å². The maximum absolute atomic E-state index is 12.1. The number of fused-ring (bicyclic) bond motifs is 5. The van der Waals surface area contributed by atoms with Crippen molar-refractivity contribution >= 4 is 5.78 Å². The second-order valence-electron chi connectivity index (χ2n) is 9.47. The molecule has 4 rings (SSSR count). The summed E-state index contributed by atoms with van der Waals surface area (Å²) in [4.78, 5) is 12.1. The third-order valence-corrected chi connectivity index (χ3v) is 8.31. The summed E-state index contributed by atoms with van der Waals surface area (Å²) in [5, 5.41) is 0. The summed E-state index contributed by atoms with van der Waals surface area (Å²) in [7, 11) is 0. The van der Waals surface area contributed by atoms with Crippen molar-refractivity contribution in [2.24, 2.45) is 34.5 Å². The summed E-state index contributed by atoms with van der Waals surface area (Å²) in [5.41, 5.74) is 3.55. The molecule has 0 saturated heterocycles. The van der Waals surface area contributed by atoms with Gasteiger partial charge in [0, 0.05) is 0 Å². The molecule has 0 bridgehead atoms. The zero-order valence-electron chi connectivity index (χ0n) is 15.3. The van der Waals surface area contributed by atoms with Crippen LogP contribution in [0.1, 0.15) is 72.6 Å². The molecular weight excluding hydrogens is 280 g/mol. The Hall–Kier alpha value is -0.850. The minimum atomic E-state index is 0.163. The highest BCUT2D eigenvalue weighted by Gasteiger charge is 2.56. The molecule has 0 unspecified atom stereocenters. The van der Waals surface area contributed by atoms with Crippen LogP contribution in [0.15, 0.2) is 23.3 Å². The highest BCUT2D eigenvalue weighted by Crippen LogP contribution is 2.65. The van der Waals surface area contributed by atoms with Gasteiger partial charge < -0.3 is 0 Å². The highest BCUT2D eigenvalue weighted by atomic mass is 16.1. The van der Waals surface area contributed by atoms with E-state index in [0.717, 1.165) is 29.7 Å². The Morgan fingerprint density at radius 1 is 1.04 bits per heavy atom. The van der Waals surface area contributed by atoms with Gasteiger partial charge in [0.25, 0.3) is 0 Å². The van der Waals surface area contributed by atoms with Crippen LogP contribution in [0.3, 0.4) is 0 Å². The van der Waals surface area contributed by atoms with Crippen molar-refractivity contribution in [2.45, 2.75) is 72.6 Å². The number of hydrogen-bond acceptors (Lipinski definition) is 1. The van der Waals surface area contributed by atoms with E-state index in [-0.39, 0.29) is 5.41 Å². The zero-order chi connectivity index (χ0) is 16.4. The van der Waals surface area contributed by atoms with Gasteiger partial charge in [0.05, 0.1) is 0 Å². The van der Waals surface area contributed by atoms with Gasteiger partial charge >= 0.3 is 0 Å². The Bertz CT molecular complexity index is 597. The molecule has 0 aromatic rings. The largest absolute Gasteiger partial charge is 0.295 e. The lowest BCUT2D eigenvalue weighted by molar-refractivity contribution is -0.115. The maximum atomic E-state index is 12.1. The first-order valence-corrected chi connectivity index (χ1v) is 9.77. The Balaban J connectivity index is 1.67. The fourth-order valence-corrected chi connectivity index (χ4v) is 6.96. The van der Waals surface area contributed by atoms with Gasteiger partial charge in [-0.25, -0.2) is 0 Å². The Labute approximate surface area is 141 Å². The van der Waals surface area contributed by atoms with E-state index in [1.54, 1.807) is 12.5 Å². The summed E-state index contributed by atoms with van der Waals surface area (Å²) in [5.74, 6) is 3.54. The van der Waals surface area contributed by atoms with Crippen molar-refractivity contribution in [3.63, 3.8) is 0 Å². The number of rotatable bonds is 1. The molecule has 23 heavy (non-hydrogen) atoms. The number of Topliss-reactive ketones (excluding diaryl/α,β-unsaturated/α-hetero) is 1. The van der Waals surface area contributed by atoms with Crippen LogP contribution in [0.4, 0.5) is 0 Å². The van der Waals surface area contributed by atoms with Crippen LogP contribution in [0.25, 0.3) is 0 Å². The molecule has 2 fully saturated rings. The standard InChI is InChI=1S/C22H32O/c1-14-9-11-21(3)16(13-14)5-6-17-19-8-7-18(15(2)23)22(19,4)12-10-20(17)21/h5,7,14,17,19-20H,6,8-13H2,1-4H3/t14-,17-,19-,20-,21-,22+/m0/s1.